The van der Waals surface area contributed by atoms with E-state index in [9.17, 15) is 18.4 Å². The Morgan fingerprint density at radius 3 is 1.59 bits per heavy atom. The van der Waals surface area contributed by atoms with Gasteiger partial charge in [-0.15, -0.1) is 0 Å². The van der Waals surface area contributed by atoms with E-state index in [2.05, 4.69) is 0 Å². The van der Waals surface area contributed by atoms with Crippen LogP contribution < -0.4 is 0 Å². The lowest BCUT2D eigenvalue weighted by molar-refractivity contribution is -0.156. The van der Waals surface area contributed by atoms with E-state index in [4.69, 9.17) is 44.3 Å². The van der Waals surface area contributed by atoms with Crippen LogP contribution in [0.4, 0.5) is 8.78 Å². The molecule has 0 aliphatic heterocycles. The van der Waals surface area contributed by atoms with Crippen LogP contribution in [0.25, 0.3) is 0 Å². The summed E-state index contributed by atoms with van der Waals surface area (Å²) in [7, 11) is 0. The van der Waals surface area contributed by atoms with Gasteiger partial charge in [-0.1, -0.05) is 34.8 Å². The molecule has 0 heterocycles. The molecule has 0 atom stereocenters. The lowest BCUT2D eigenvalue weighted by Gasteiger charge is -2.18. The molecule has 1 aromatic rings. The van der Waals surface area contributed by atoms with Crippen LogP contribution in [0.5, 0.6) is 0 Å². The van der Waals surface area contributed by atoms with Gasteiger partial charge < -0.3 is 9.47 Å². The van der Waals surface area contributed by atoms with E-state index in [-0.39, 0.29) is 13.2 Å². The molecule has 0 saturated carbocycles. The van der Waals surface area contributed by atoms with Crippen LogP contribution in [0, 0.1) is 11.6 Å². The molecule has 0 saturated heterocycles. The number of benzene rings is 1. The van der Waals surface area contributed by atoms with Crippen LogP contribution in [0.3, 0.4) is 0 Å². The van der Waals surface area contributed by atoms with E-state index in [1.165, 1.54) is 13.8 Å². The third kappa shape index (κ3) is 3.62. The Balaban J connectivity index is 3.55. The first-order chi connectivity index (χ1) is 10.3. The number of halogens is 5. The van der Waals surface area contributed by atoms with Gasteiger partial charge in [-0.05, 0) is 13.8 Å². The van der Waals surface area contributed by atoms with Gasteiger partial charge in [-0.3, -0.25) is 9.59 Å². The standard InChI is InChI=1S/C13H11Cl3F2O4/c1-3-21-12(19)6(13(20)22-4-2)5-7(14)10(17)9(16)11(18)8(5)15/h6H,3-4H2,1-2H3. The first kappa shape index (κ1) is 18.9. The van der Waals surface area contributed by atoms with Crippen LogP contribution in [0.15, 0.2) is 0 Å². The van der Waals surface area contributed by atoms with Crippen LogP contribution in [0.1, 0.15) is 25.3 Å². The molecular weight excluding hydrogens is 364 g/mol. The molecule has 0 aliphatic carbocycles. The number of hydrogen-bond acceptors (Lipinski definition) is 4. The Morgan fingerprint density at radius 2 is 1.27 bits per heavy atom. The highest BCUT2D eigenvalue weighted by atomic mass is 35.5. The highest BCUT2D eigenvalue weighted by Gasteiger charge is 2.38. The lowest BCUT2D eigenvalue weighted by atomic mass is 9.98. The molecule has 1 aromatic carbocycles. The smallest absolute Gasteiger partial charge is 0.325 e. The number of esters is 2. The highest BCUT2D eigenvalue weighted by Crippen LogP contribution is 2.40. The summed E-state index contributed by atoms with van der Waals surface area (Å²) in [4.78, 5) is 23.9. The summed E-state index contributed by atoms with van der Waals surface area (Å²) in [5, 5.41) is -2.43. The SMILES string of the molecule is CCOC(=O)C(C(=O)OCC)c1c(Cl)c(F)c(Cl)c(F)c1Cl. The molecule has 0 N–H and O–H groups in total. The molecule has 0 aromatic heterocycles. The summed E-state index contributed by atoms with van der Waals surface area (Å²) in [5.74, 6) is -6.67. The molecule has 22 heavy (non-hydrogen) atoms. The minimum atomic E-state index is -1.82. The van der Waals surface area contributed by atoms with Gasteiger partial charge in [0.1, 0.15) is 5.02 Å². The number of hydrogen-bond donors (Lipinski definition) is 0. The van der Waals surface area contributed by atoms with Crippen molar-refractivity contribution in [2.45, 2.75) is 19.8 Å². The second-order valence-electron chi connectivity index (χ2n) is 3.92. The van der Waals surface area contributed by atoms with Gasteiger partial charge in [0.15, 0.2) is 17.6 Å². The Bertz CT molecular complexity index is 560. The van der Waals surface area contributed by atoms with Gasteiger partial charge in [-0.25, -0.2) is 8.78 Å². The van der Waals surface area contributed by atoms with Gasteiger partial charge in [0.25, 0.3) is 0 Å². The zero-order valence-corrected chi connectivity index (χ0v) is 13.8. The Kier molecular flexibility index (Phi) is 6.84. The van der Waals surface area contributed by atoms with Crippen molar-refractivity contribution < 1.29 is 27.8 Å². The van der Waals surface area contributed by atoms with Gasteiger partial charge in [0.05, 0.1) is 23.3 Å². The van der Waals surface area contributed by atoms with E-state index < -0.39 is 50.1 Å². The van der Waals surface area contributed by atoms with Crippen LogP contribution in [0.2, 0.25) is 15.1 Å². The maximum absolute atomic E-state index is 13.8. The fraction of sp³-hybridized carbons (Fsp3) is 0.385. The lowest BCUT2D eigenvalue weighted by Crippen LogP contribution is -2.27. The van der Waals surface area contributed by atoms with E-state index in [1.54, 1.807) is 0 Å². The van der Waals surface area contributed by atoms with E-state index in [0.29, 0.717) is 0 Å². The van der Waals surface area contributed by atoms with E-state index in [1.807, 2.05) is 0 Å². The molecule has 0 fully saturated rings. The molecule has 9 heteroatoms. The van der Waals surface area contributed by atoms with Gasteiger partial charge in [0.2, 0.25) is 0 Å². The highest BCUT2D eigenvalue weighted by molar-refractivity contribution is 6.40. The fourth-order valence-electron chi connectivity index (χ4n) is 1.66. The van der Waals surface area contributed by atoms with E-state index >= 15 is 0 Å². The third-order valence-electron chi connectivity index (χ3n) is 2.58. The van der Waals surface area contributed by atoms with Crippen molar-refractivity contribution in [3.8, 4) is 0 Å². The predicted molar refractivity (Wildman–Crippen MR) is 77.4 cm³/mol. The number of carbonyl (C=O) groups excluding carboxylic acids is 2. The monoisotopic (exact) mass is 374 g/mol. The second-order valence-corrected chi connectivity index (χ2v) is 5.05. The molecule has 0 bridgehead atoms. The fourth-order valence-corrected chi connectivity index (χ4v) is 2.59. The average Bonchev–Trinajstić information content (AvgIpc) is 2.47. The van der Waals surface area contributed by atoms with Crippen LogP contribution in [-0.4, -0.2) is 25.2 Å². The van der Waals surface area contributed by atoms with Crippen molar-refractivity contribution in [2.75, 3.05) is 13.2 Å². The zero-order valence-electron chi connectivity index (χ0n) is 11.5. The normalized spacial score (nSPS) is 10.7. The average molecular weight is 376 g/mol. The predicted octanol–water partition coefficient (Wildman–Crippen LogP) is 4.13. The summed E-state index contributed by atoms with van der Waals surface area (Å²) in [6, 6.07) is 0. The van der Waals surface area contributed by atoms with Crippen molar-refractivity contribution in [1.29, 1.82) is 0 Å². The molecule has 122 valence electrons. The summed E-state index contributed by atoms with van der Waals surface area (Å²) in [6.07, 6.45) is 0. The first-order valence-electron chi connectivity index (χ1n) is 6.12. The second kappa shape index (κ2) is 7.94. The summed E-state index contributed by atoms with van der Waals surface area (Å²) in [5.41, 5.74) is -0.584. The van der Waals surface area contributed by atoms with Gasteiger partial charge in [0, 0.05) is 5.56 Å². The molecule has 0 radical (unpaired) electrons. The van der Waals surface area contributed by atoms with Crippen LogP contribution >= 0.6 is 34.8 Å². The Morgan fingerprint density at radius 1 is 0.909 bits per heavy atom. The molecule has 1 rings (SSSR count). The van der Waals surface area contributed by atoms with Gasteiger partial charge >= 0.3 is 11.9 Å². The summed E-state index contributed by atoms with van der Waals surface area (Å²) in [6.45, 7) is 2.85. The third-order valence-corrected chi connectivity index (χ3v) is 3.65. The Labute approximate surface area is 140 Å². The van der Waals surface area contributed by atoms with Crippen LogP contribution in [-0.2, 0) is 19.1 Å². The molecule has 0 aliphatic rings. The molecule has 0 spiro atoms. The van der Waals surface area contributed by atoms with Crippen molar-refractivity contribution in [1.82, 2.24) is 0 Å². The minimum absolute atomic E-state index is 0.0669. The topological polar surface area (TPSA) is 52.6 Å². The molecule has 0 amide bonds. The largest absolute Gasteiger partial charge is 0.465 e. The van der Waals surface area contributed by atoms with Crippen molar-refractivity contribution >= 4 is 46.7 Å². The zero-order chi connectivity index (χ0) is 17.0. The molecule has 0 unspecified atom stereocenters. The Hall–Kier alpha value is -1.11. The molecule has 4 nitrogen and oxygen atoms in total. The number of ether oxygens (including phenoxy) is 2. The maximum Gasteiger partial charge on any atom is 0.325 e. The van der Waals surface area contributed by atoms with Crippen molar-refractivity contribution in [3.63, 3.8) is 0 Å². The van der Waals surface area contributed by atoms with E-state index in [0.717, 1.165) is 0 Å². The maximum atomic E-state index is 13.8. The van der Waals surface area contributed by atoms with Gasteiger partial charge in [-0.2, -0.15) is 0 Å². The van der Waals surface area contributed by atoms with Crippen molar-refractivity contribution in [3.05, 3.63) is 32.3 Å². The quantitative estimate of drug-likeness (QED) is 0.336. The number of carbonyl (C=O) groups is 2. The number of rotatable bonds is 5. The summed E-state index contributed by atoms with van der Waals surface area (Å²) >= 11 is 16.9. The van der Waals surface area contributed by atoms with Crippen molar-refractivity contribution in [2.24, 2.45) is 0 Å². The molecular formula is C13H11Cl3F2O4. The minimum Gasteiger partial charge on any atom is -0.465 e. The summed E-state index contributed by atoms with van der Waals surface area (Å²) < 4.78 is 37.1. The first-order valence-corrected chi connectivity index (χ1v) is 7.25.